The van der Waals surface area contributed by atoms with E-state index in [0.29, 0.717) is 31.9 Å². The second-order valence-electron chi connectivity index (χ2n) is 5.84. The number of carbonyl (C=O) groups is 1. The van der Waals surface area contributed by atoms with Crippen molar-refractivity contribution in [1.82, 2.24) is 10.6 Å². The number of rotatable bonds is 6. The standard InChI is InChI=1S/C18H22N2O4/c1-18(23-12-13-24-18)9-10-19-17(21)20-16(15-8-5-11-22-15)14-6-3-2-4-7-14/h2-8,11,16H,9-10,12-13H2,1H3,(H2,19,20,21)/t16-/m1/s1. The second kappa shape index (κ2) is 7.51. The zero-order valence-electron chi connectivity index (χ0n) is 13.7. The Hall–Kier alpha value is -2.31. The van der Waals surface area contributed by atoms with Crippen LogP contribution in [-0.4, -0.2) is 31.6 Å². The Morgan fingerprint density at radius 3 is 2.58 bits per heavy atom. The van der Waals surface area contributed by atoms with Crippen molar-refractivity contribution in [3.63, 3.8) is 0 Å². The smallest absolute Gasteiger partial charge is 0.315 e. The van der Waals surface area contributed by atoms with Gasteiger partial charge in [-0.3, -0.25) is 0 Å². The summed E-state index contributed by atoms with van der Waals surface area (Å²) < 4.78 is 16.5. The SMILES string of the molecule is CC1(CCNC(=O)N[C@H](c2ccccc2)c2ccco2)OCCO1. The predicted molar refractivity (Wildman–Crippen MR) is 88.5 cm³/mol. The average Bonchev–Trinajstić information content (AvgIpc) is 3.25. The van der Waals surface area contributed by atoms with Gasteiger partial charge in [0.1, 0.15) is 11.8 Å². The number of furan rings is 1. The molecule has 2 heterocycles. The van der Waals surface area contributed by atoms with Crippen molar-refractivity contribution in [2.24, 2.45) is 0 Å². The number of hydrogen-bond acceptors (Lipinski definition) is 4. The van der Waals surface area contributed by atoms with Crippen LogP contribution in [0.2, 0.25) is 0 Å². The van der Waals surface area contributed by atoms with Gasteiger partial charge in [-0.25, -0.2) is 4.79 Å². The quantitative estimate of drug-likeness (QED) is 0.854. The van der Waals surface area contributed by atoms with Crippen molar-refractivity contribution in [2.45, 2.75) is 25.2 Å². The molecule has 6 nitrogen and oxygen atoms in total. The molecule has 0 radical (unpaired) electrons. The lowest BCUT2D eigenvalue weighted by Gasteiger charge is -2.23. The lowest BCUT2D eigenvalue weighted by Crippen LogP contribution is -2.41. The van der Waals surface area contributed by atoms with Crippen LogP contribution in [0.25, 0.3) is 0 Å². The van der Waals surface area contributed by atoms with Crippen molar-refractivity contribution in [1.29, 1.82) is 0 Å². The van der Waals surface area contributed by atoms with Crippen LogP contribution < -0.4 is 10.6 Å². The van der Waals surface area contributed by atoms with Gasteiger partial charge in [0.05, 0.1) is 19.5 Å². The van der Waals surface area contributed by atoms with Crippen LogP contribution >= 0.6 is 0 Å². The van der Waals surface area contributed by atoms with E-state index in [1.807, 2.05) is 43.3 Å². The molecule has 1 saturated heterocycles. The number of hydrogen-bond donors (Lipinski definition) is 2. The zero-order chi connectivity index (χ0) is 16.8. The number of benzene rings is 1. The van der Waals surface area contributed by atoms with Gasteiger partial charge < -0.3 is 24.5 Å². The van der Waals surface area contributed by atoms with Gasteiger partial charge in [0.15, 0.2) is 5.79 Å². The maximum Gasteiger partial charge on any atom is 0.315 e. The fourth-order valence-electron chi connectivity index (χ4n) is 2.71. The molecule has 2 amide bonds. The molecule has 0 saturated carbocycles. The molecule has 2 N–H and O–H groups in total. The van der Waals surface area contributed by atoms with Gasteiger partial charge in [-0.2, -0.15) is 0 Å². The molecule has 1 aromatic heterocycles. The van der Waals surface area contributed by atoms with Crippen LogP contribution in [0.3, 0.4) is 0 Å². The highest BCUT2D eigenvalue weighted by atomic mass is 16.7. The van der Waals surface area contributed by atoms with Gasteiger partial charge in [-0.05, 0) is 24.6 Å². The van der Waals surface area contributed by atoms with Crippen LogP contribution in [0.4, 0.5) is 4.79 Å². The van der Waals surface area contributed by atoms with E-state index in [4.69, 9.17) is 13.9 Å². The third-order valence-electron chi connectivity index (χ3n) is 4.00. The first-order valence-corrected chi connectivity index (χ1v) is 8.07. The van der Waals surface area contributed by atoms with Gasteiger partial charge in [0.25, 0.3) is 0 Å². The van der Waals surface area contributed by atoms with E-state index in [1.54, 1.807) is 12.3 Å². The first-order valence-electron chi connectivity index (χ1n) is 8.07. The summed E-state index contributed by atoms with van der Waals surface area (Å²) in [4.78, 5) is 12.3. The molecule has 128 valence electrons. The molecule has 6 heteroatoms. The third-order valence-corrected chi connectivity index (χ3v) is 4.00. The summed E-state index contributed by atoms with van der Waals surface area (Å²) in [6.07, 6.45) is 2.19. The molecular weight excluding hydrogens is 308 g/mol. The van der Waals surface area contributed by atoms with Crippen LogP contribution in [-0.2, 0) is 9.47 Å². The fraction of sp³-hybridized carbons (Fsp3) is 0.389. The van der Waals surface area contributed by atoms with Gasteiger partial charge in [0.2, 0.25) is 0 Å². The maximum absolute atomic E-state index is 12.3. The van der Waals surface area contributed by atoms with Crippen molar-refractivity contribution in [3.05, 3.63) is 60.1 Å². The second-order valence-corrected chi connectivity index (χ2v) is 5.84. The lowest BCUT2D eigenvalue weighted by molar-refractivity contribution is -0.145. The fourth-order valence-corrected chi connectivity index (χ4v) is 2.71. The highest BCUT2D eigenvalue weighted by Crippen LogP contribution is 2.23. The summed E-state index contributed by atoms with van der Waals surface area (Å²) >= 11 is 0. The molecule has 0 aliphatic carbocycles. The number of nitrogens with one attached hydrogen (secondary N) is 2. The predicted octanol–water partition coefficient (Wildman–Crippen LogP) is 2.82. The topological polar surface area (TPSA) is 72.7 Å². The zero-order valence-corrected chi connectivity index (χ0v) is 13.7. The van der Waals surface area contributed by atoms with Gasteiger partial charge >= 0.3 is 6.03 Å². The first-order chi connectivity index (χ1) is 11.7. The third kappa shape index (κ3) is 4.15. The normalized spacial score (nSPS) is 17.4. The van der Waals surface area contributed by atoms with Gasteiger partial charge in [0, 0.05) is 13.0 Å². The van der Waals surface area contributed by atoms with Crippen molar-refractivity contribution in [2.75, 3.05) is 19.8 Å². The van der Waals surface area contributed by atoms with Crippen molar-refractivity contribution < 1.29 is 18.7 Å². The Bertz CT molecular complexity index is 636. The summed E-state index contributed by atoms with van der Waals surface area (Å²) in [5.41, 5.74) is 0.956. The van der Waals surface area contributed by atoms with Crippen molar-refractivity contribution >= 4 is 6.03 Å². The van der Waals surface area contributed by atoms with Crippen LogP contribution in [0, 0.1) is 0 Å². The first kappa shape index (κ1) is 16.5. The van der Waals surface area contributed by atoms with E-state index in [2.05, 4.69) is 10.6 Å². The minimum absolute atomic E-state index is 0.262. The highest BCUT2D eigenvalue weighted by molar-refractivity contribution is 5.74. The molecule has 1 fully saturated rings. The number of amides is 2. The summed E-state index contributed by atoms with van der Waals surface area (Å²) in [5.74, 6) is 0.0819. The number of carbonyl (C=O) groups excluding carboxylic acids is 1. The average molecular weight is 330 g/mol. The summed E-state index contributed by atoms with van der Waals surface area (Å²) in [5, 5.41) is 5.79. The van der Waals surface area contributed by atoms with E-state index >= 15 is 0 Å². The van der Waals surface area contributed by atoms with E-state index in [9.17, 15) is 4.79 Å². The molecule has 1 aliphatic heterocycles. The highest BCUT2D eigenvalue weighted by Gasteiger charge is 2.30. The Kier molecular flexibility index (Phi) is 5.17. The summed E-state index contributed by atoms with van der Waals surface area (Å²) in [6, 6.07) is 12.8. The van der Waals surface area contributed by atoms with Crippen molar-refractivity contribution in [3.8, 4) is 0 Å². The monoisotopic (exact) mass is 330 g/mol. The summed E-state index contributed by atoms with van der Waals surface area (Å²) in [6.45, 7) is 3.53. The number of urea groups is 1. The molecule has 3 rings (SSSR count). The molecule has 24 heavy (non-hydrogen) atoms. The Morgan fingerprint density at radius 1 is 1.17 bits per heavy atom. The molecule has 0 spiro atoms. The molecule has 2 aromatic rings. The van der Waals surface area contributed by atoms with E-state index in [1.165, 1.54) is 0 Å². The minimum atomic E-state index is -0.604. The van der Waals surface area contributed by atoms with E-state index in [0.717, 1.165) is 5.56 Å². The molecule has 1 aliphatic rings. The Balaban J connectivity index is 1.57. The molecule has 0 bridgehead atoms. The van der Waals surface area contributed by atoms with E-state index < -0.39 is 5.79 Å². The van der Waals surface area contributed by atoms with Crippen LogP contribution in [0.5, 0.6) is 0 Å². The maximum atomic E-state index is 12.3. The lowest BCUT2D eigenvalue weighted by atomic mass is 10.1. The Labute approximate surface area is 141 Å². The van der Waals surface area contributed by atoms with Crippen LogP contribution in [0.1, 0.15) is 30.7 Å². The van der Waals surface area contributed by atoms with Gasteiger partial charge in [-0.15, -0.1) is 0 Å². The molecular formula is C18H22N2O4. The minimum Gasteiger partial charge on any atom is -0.467 e. The number of ether oxygens (including phenoxy) is 2. The summed E-state index contributed by atoms with van der Waals surface area (Å²) in [7, 11) is 0. The molecule has 1 atom stereocenters. The van der Waals surface area contributed by atoms with Crippen LogP contribution in [0.15, 0.2) is 53.1 Å². The Morgan fingerprint density at radius 2 is 1.92 bits per heavy atom. The molecule has 0 unspecified atom stereocenters. The van der Waals surface area contributed by atoms with E-state index in [-0.39, 0.29) is 12.1 Å². The molecule has 1 aromatic carbocycles. The largest absolute Gasteiger partial charge is 0.467 e. The van der Waals surface area contributed by atoms with Gasteiger partial charge in [-0.1, -0.05) is 30.3 Å².